The van der Waals surface area contributed by atoms with Crippen molar-refractivity contribution in [2.75, 3.05) is 19.8 Å². The van der Waals surface area contributed by atoms with Crippen molar-refractivity contribution in [2.45, 2.75) is 198 Å². The molecule has 1 heterocycles. The summed E-state index contributed by atoms with van der Waals surface area (Å²) in [6.07, 6.45) is 28.6. The fourth-order valence-corrected chi connectivity index (χ4v) is 5.90. The molecule has 0 spiro atoms. The Morgan fingerprint density at radius 2 is 1.10 bits per heavy atom. The molecule has 1 fully saturated rings. The van der Waals surface area contributed by atoms with Gasteiger partial charge in [0.15, 0.2) is 12.4 Å². The van der Waals surface area contributed by atoms with E-state index < -0.39 is 55.4 Å². The van der Waals surface area contributed by atoms with Crippen LogP contribution >= 0.6 is 0 Å². The topological polar surface area (TPSA) is 152 Å². The highest BCUT2D eigenvalue weighted by molar-refractivity contribution is 5.70. The molecule has 1 aliphatic rings. The van der Waals surface area contributed by atoms with Crippen LogP contribution in [-0.2, 0) is 28.5 Å². The van der Waals surface area contributed by atoms with Crippen LogP contribution in [0, 0.1) is 0 Å². The zero-order chi connectivity index (χ0) is 38.1. The van der Waals surface area contributed by atoms with Crippen molar-refractivity contribution in [3.8, 4) is 0 Å². The summed E-state index contributed by atoms with van der Waals surface area (Å²) in [5.41, 5.74) is 0. The third-order valence-corrected chi connectivity index (χ3v) is 9.25. The first kappa shape index (κ1) is 47.9. The average molecular weight is 739 g/mol. The van der Waals surface area contributed by atoms with Gasteiger partial charge in [-0.3, -0.25) is 9.59 Å². The first-order valence-electron chi connectivity index (χ1n) is 20.6. The number of ether oxygens (including phenoxy) is 4. The van der Waals surface area contributed by atoms with Gasteiger partial charge in [-0.25, -0.2) is 0 Å². The predicted molar refractivity (Wildman–Crippen MR) is 206 cm³/mol. The average Bonchev–Trinajstić information content (AvgIpc) is 3.14. The van der Waals surface area contributed by atoms with Crippen LogP contribution in [0.3, 0.4) is 0 Å². The number of hydrogen-bond donors (Lipinski definition) is 4. The van der Waals surface area contributed by atoms with Gasteiger partial charge in [0.2, 0.25) is 0 Å². The number of hydrogen-bond acceptors (Lipinski definition) is 10. The van der Waals surface area contributed by atoms with Crippen LogP contribution in [0.1, 0.15) is 162 Å². The molecule has 0 aliphatic carbocycles. The molecule has 10 nitrogen and oxygen atoms in total. The van der Waals surface area contributed by atoms with Gasteiger partial charge < -0.3 is 39.4 Å². The normalized spacial score (nSPS) is 21.4. The lowest BCUT2D eigenvalue weighted by Gasteiger charge is -2.39. The summed E-state index contributed by atoms with van der Waals surface area (Å²) in [4.78, 5) is 25.2. The quantitative estimate of drug-likeness (QED) is 0.0297. The molecule has 0 aromatic heterocycles. The number of unbranched alkanes of at least 4 members (excludes halogenated alkanes) is 16. The molecule has 1 rings (SSSR count). The van der Waals surface area contributed by atoms with Crippen LogP contribution in [0.25, 0.3) is 0 Å². The molecule has 0 bridgehead atoms. The van der Waals surface area contributed by atoms with Gasteiger partial charge in [-0.15, -0.1) is 0 Å². The van der Waals surface area contributed by atoms with Gasteiger partial charge in [0.25, 0.3) is 0 Å². The molecule has 6 atom stereocenters. The van der Waals surface area contributed by atoms with Crippen molar-refractivity contribution in [1.29, 1.82) is 0 Å². The SMILES string of the molecule is CCCC/C=C/C/C=C/CCCCCCCC(=O)O[C@@H](COC(=O)CCCCCCC/C=C/CCCCCC)CO[C@H]1O[C@@H](CO)[C@@H](O)C(O)C1O. The second-order valence-corrected chi connectivity index (χ2v) is 14.1. The molecular weight excluding hydrogens is 664 g/mol. The fourth-order valence-electron chi connectivity index (χ4n) is 5.90. The van der Waals surface area contributed by atoms with Crippen LogP contribution in [0.5, 0.6) is 0 Å². The lowest BCUT2D eigenvalue weighted by Crippen LogP contribution is -2.59. The van der Waals surface area contributed by atoms with E-state index in [1.807, 2.05) is 0 Å². The highest BCUT2D eigenvalue weighted by Crippen LogP contribution is 2.22. The van der Waals surface area contributed by atoms with E-state index in [-0.39, 0.29) is 26.1 Å². The number of aliphatic hydroxyl groups is 4. The number of allylic oxidation sites excluding steroid dienone is 6. The number of aliphatic hydroxyl groups excluding tert-OH is 4. The maximum absolute atomic E-state index is 12.7. The third-order valence-electron chi connectivity index (χ3n) is 9.25. The van der Waals surface area contributed by atoms with Crippen molar-refractivity contribution in [1.82, 2.24) is 0 Å². The number of carbonyl (C=O) groups excluding carboxylic acids is 2. The Morgan fingerprint density at radius 3 is 1.67 bits per heavy atom. The lowest BCUT2D eigenvalue weighted by molar-refractivity contribution is -0.305. The smallest absolute Gasteiger partial charge is 0.306 e. The van der Waals surface area contributed by atoms with Gasteiger partial charge in [0, 0.05) is 12.8 Å². The maximum atomic E-state index is 12.7. The molecule has 1 saturated heterocycles. The van der Waals surface area contributed by atoms with E-state index >= 15 is 0 Å². The summed E-state index contributed by atoms with van der Waals surface area (Å²) in [6.45, 7) is 3.32. The van der Waals surface area contributed by atoms with Crippen molar-refractivity contribution in [3.63, 3.8) is 0 Å². The van der Waals surface area contributed by atoms with Crippen molar-refractivity contribution < 1.29 is 49.0 Å². The fraction of sp³-hybridized carbons (Fsp3) is 0.810. The Balaban J connectivity index is 2.39. The van der Waals surface area contributed by atoms with E-state index in [0.717, 1.165) is 77.0 Å². The van der Waals surface area contributed by atoms with Crippen LogP contribution in [0.4, 0.5) is 0 Å². The van der Waals surface area contributed by atoms with E-state index in [2.05, 4.69) is 50.3 Å². The third kappa shape index (κ3) is 25.0. The minimum atomic E-state index is -1.60. The standard InChI is InChI=1S/C42H74O10/c1-3-5-7-9-11-13-15-17-19-21-23-25-27-29-31-38(45)51-35(34-50-42-41(48)40(47)39(46)36(32-43)52-42)33-49-37(44)30-28-26-24-22-20-18-16-14-12-10-8-6-4-2/h9,11,14-17,35-36,39-43,46-48H,3-8,10,12-13,18-34H2,1-2H3/b11-9+,16-14+,17-15+/t35-,36-,39+,40?,41?,42-/m0/s1. The Labute approximate surface area is 315 Å². The molecule has 4 N–H and O–H groups in total. The second-order valence-electron chi connectivity index (χ2n) is 14.1. The molecule has 0 radical (unpaired) electrons. The molecular formula is C42H74O10. The molecule has 1 aliphatic heterocycles. The molecule has 0 aromatic rings. The predicted octanol–water partition coefficient (Wildman–Crippen LogP) is 7.94. The summed E-state index contributed by atoms with van der Waals surface area (Å²) >= 11 is 0. The first-order valence-corrected chi connectivity index (χ1v) is 20.6. The molecule has 0 amide bonds. The molecule has 52 heavy (non-hydrogen) atoms. The molecule has 0 saturated carbocycles. The zero-order valence-corrected chi connectivity index (χ0v) is 32.6. The van der Waals surface area contributed by atoms with E-state index in [0.29, 0.717) is 12.8 Å². The highest BCUT2D eigenvalue weighted by Gasteiger charge is 2.44. The van der Waals surface area contributed by atoms with Gasteiger partial charge in [-0.05, 0) is 64.2 Å². The first-order chi connectivity index (χ1) is 25.3. The minimum Gasteiger partial charge on any atom is -0.462 e. The summed E-state index contributed by atoms with van der Waals surface area (Å²) in [5, 5.41) is 40.0. The minimum absolute atomic E-state index is 0.212. The van der Waals surface area contributed by atoms with Crippen LogP contribution < -0.4 is 0 Å². The second kappa shape index (κ2) is 33.5. The molecule has 302 valence electrons. The van der Waals surface area contributed by atoms with E-state index in [4.69, 9.17) is 18.9 Å². The van der Waals surface area contributed by atoms with Crippen molar-refractivity contribution in [2.24, 2.45) is 0 Å². The summed E-state index contributed by atoms with van der Waals surface area (Å²) in [5.74, 6) is -0.835. The van der Waals surface area contributed by atoms with Gasteiger partial charge in [0.05, 0.1) is 13.2 Å². The van der Waals surface area contributed by atoms with Crippen molar-refractivity contribution >= 4 is 11.9 Å². The number of rotatable bonds is 33. The van der Waals surface area contributed by atoms with Gasteiger partial charge in [0.1, 0.15) is 31.0 Å². The Morgan fingerprint density at radius 1 is 0.596 bits per heavy atom. The lowest BCUT2D eigenvalue weighted by atomic mass is 9.99. The molecule has 0 aromatic carbocycles. The summed E-state index contributed by atoms with van der Waals surface area (Å²) in [7, 11) is 0. The van der Waals surface area contributed by atoms with Gasteiger partial charge in [-0.1, -0.05) is 121 Å². The summed E-state index contributed by atoms with van der Waals surface area (Å²) < 4.78 is 22.1. The summed E-state index contributed by atoms with van der Waals surface area (Å²) in [6, 6.07) is 0. The van der Waals surface area contributed by atoms with E-state index in [1.165, 1.54) is 44.9 Å². The largest absolute Gasteiger partial charge is 0.462 e. The van der Waals surface area contributed by atoms with Crippen LogP contribution in [-0.4, -0.2) is 89.0 Å². The monoisotopic (exact) mass is 739 g/mol. The van der Waals surface area contributed by atoms with Crippen molar-refractivity contribution in [3.05, 3.63) is 36.5 Å². The van der Waals surface area contributed by atoms with Crippen LogP contribution in [0.2, 0.25) is 0 Å². The Hall–Kier alpha value is -2.08. The maximum Gasteiger partial charge on any atom is 0.306 e. The Kier molecular flexibility index (Phi) is 30.9. The Bertz CT molecular complexity index is 949. The van der Waals surface area contributed by atoms with Gasteiger partial charge >= 0.3 is 11.9 Å². The number of carbonyl (C=O) groups is 2. The zero-order valence-electron chi connectivity index (χ0n) is 32.6. The molecule has 10 heteroatoms. The molecule has 2 unspecified atom stereocenters. The highest BCUT2D eigenvalue weighted by atomic mass is 16.7. The van der Waals surface area contributed by atoms with E-state index in [1.54, 1.807) is 0 Å². The van der Waals surface area contributed by atoms with E-state index in [9.17, 15) is 30.0 Å². The van der Waals surface area contributed by atoms with Crippen LogP contribution in [0.15, 0.2) is 36.5 Å². The van der Waals surface area contributed by atoms with Gasteiger partial charge in [-0.2, -0.15) is 0 Å². The number of esters is 2.